The Morgan fingerprint density at radius 3 is 2.96 bits per heavy atom. The first kappa shape index (κ1) is 17.0. The average molecular weight is 426 g/mol. The summed E-state index contributed by atoms with van der Waals surface area (Å²) in [6.45, 7) is 2.46. The van der Waals surface area contributed by atoms with E-state index in [9.17, 15) is 5.26 Å². The fraction of sp³-hybridized carbons (Fsp3) is 0.158. The third-order valence-corrected chi connectivity index (χ3v) is 5.85. The lowest BCUT2D eigenvalue weighted by Crippen LogP contribution is -2.29. The van der Waals surface area contributed by atoms with Gasteiger partial charge in [0, 0.05) is 29.4 Å². The monoisotopic (exact) mass is 425 g/mol. The number of aromatic nitrogens is 2. The Balaban J connectivity index is 1.68. The number of nitriles is 1. The Bertz CT molecular complexity index is 951. The van der Waals surface area contributed by atoms with Crippen LogP contribution >= 0.6 is 27.9 Å². The first-order valence-corrected chi connectivity index (χ1v) is 9.77. The molecule has 5 nitrogen and oxygen atoms in total. The maximum Gasteiger partial charge on any atom is 0.0992 e. The third kappa shape index (κ3) is 3.57. The lowest BCUT2D eigenvalue weighted by atomic mass is 10.2. The number of hydrogen-bond donors (Lipinski definition) is 1. The number of benzene rings is 2. The van der Waals surface area contributed by atoms with Crippen molar-refractivity contribution in [1.29, 1.82) is 5.26 Å². The molecule has 0 bridgehead atoms. The minimum atomic E-state index is 0.676. The number of fused-ring (bicyclic) bond motifs is 1. The molecule has 2 heterocycles. The molecule has 4 rings (SSSR count). The molecule has 0 saturated carbocycles. The van der Waals surface area contributed by atoms with Crippen LogP contribution in [0.5, 0.6) is 0 Å². The predicted octanol–water partition coefficient (Wildman–Crippen LogP) is 4.58. The number of anilines is 2. The Labute approximate surface area is 164 Å². The topological polar surface area (TPSA) is 59.0 Å². The van der Waals surface area contributed by atoms with Crippen LogP contribution in [0.15, 0.2) is 64.4 Å². The van der Waals surface area contributed by atoms with Crippen LogP contribution in [0.2, 0.25) is 0 Å². The van der Waals surface area contributed by atoms with E-state index in [1.165, 1.54) is 10.6 Å². The van der Waals surface area contributed by atoms with Gasteiger partial charge < -0.3 is 14.2 Å². The van der Waals surface area contributed by atoms with Gasteiger partial charge >= 0.3 is 0 Å². The molecule has 0 aliphatic carbocycles. The van der Waals surface area contributed by atoms with Crippen molar-refractivity contribution in [1.82, 2.24) is 9.97 Å². The maximum atomic E-state index is 9.20. The van der Waals surface area contributed by atoms with Gasteiger partial charge in [-0.15, -0.1) is 0 Å². The highest BCUT2D eigenvalue weighted by Crippen LogP contribution is 2.40. The predicted molar refractivity (Wildman–Crippen MR) is 108 cm³/mol. The van der Waals surface area contributed by atoms with Crippen molar-refractivity contribution in [3.63, 3.8) is 0 Å². The van der Waals surface area contributed by atoms with Gasteiger partial charge in [-0.1, -0.05) is 22.0 Å². The summed E-state index contributed by atoms with van der Waals surface area (Å²) in [4.78, 5) is 10.9. The van der Waals surface area contributed by atoms with Crippen LogP contribution in [0.25, 0.3) is 0 Å². The second-order valence-electron chi connectivity index (χ2n) is 5.95. The van der Waals surface area contributed by atoms with Crippen molar-refractivity contribution in [2.75, 3.05) is 22.3 Å². The maximum absolute atomic E-state index is 9.20. The van der Waals surface area contributed by atoms with Gasteiger partial charge in [-0.05, 0) is 48.3 Å². The lowest BCUT2D eigenvalue weighted by molar-refractivity contribution is 0.779. The number of hydrogen-bond acceptors (Lipinski definition) is 5. The Hall–Kier alpha value is -2.43. The fourth-order valence-corrected chi connectivity index (χ4v) is 4.58. The molecular formula is C19H16BrN5S. The van der Waals surface area contributed by atoms with Gasteiger partial charge in [-0.3, -0.25) is 0 Å². The van der Waals surface area contributed by atoms with Crippen LogP contribution in [0.3, 0.4) is 0 Å². The summed E-state index contributed by atoms with van der Waals surface area (Å²) in [5, 5.41) is 9.20. The molecule has 1 aliphatic heterocycles. The molecule has 0 saturated heterocycles. The van der Waals surface area contributed by atoms with Crippen molar-refractivity contribution in [2.24, 2.45) is 0 Å². The molecule has 7 heteroatoms. The van der Waals surface area contributed by atoms with E-state index in [4.69, 9.17) is 0 Å². The summed E-state index contributed by atoms with van der Waals surface area (Å²) < 4.78 is 3.30. The molecule has 26 heavy (non-hydrogen) atoms. The normalized spacial score (nSPS) is 13.8. The van der Waals surface area contributed by atoms with E-state index < -0.39 is 0 Å². The SMILES string of the molecule is N#Cc1cccc(N2CCN(Cc3c[nH]cn3)c3ccc(Br)cc3S2)c1. The lowest BCUT2D eigenvalue weighted by Gasteiger charge is -2.24. The van der Waals surface area contributed by atoms with Gasteiger partial charge in [0.25, 0.3) is 0 Å². The van der Waals surface area contributed by atoms with Crippen LogP contribution in [0.4, 0.5) is 11.4 Å². The molecule has 1 aromatic heterocycles. The molecule has 130 valence electrons. The minimum absolute atomic E-state index is 0.676. The van der Waals surface area contributed by atoms with Crippen molar-refractivity contribution < 1.29 is 0 Å². The molecule has 0 amide bonds. The zero-order chi connectivity index (χ0) is 17.9. The molecule has 1 aliphatic rings. The van der Waals surface area contributed by atoms with Gasteiger partial charge in [-0.2, -0.15) is 5.26 Å². The summed E-state index contributed by atoms with van der Waals surface area (Å²) >= 11 is 5.29. The fourth-order valence-electron chi connectivity index (χ4n) is 2.97. The van der Waals surface area contributed by atoms with Gasteiger partial charge in [0.05, 0.1) is 40.8 Å². The molecule has 0 atom stereocenters. The summed E-state index contributed by atoms with van der Waals surface area (Å²) in [7, 11) is 0. The largest absolute Gasteiger partial charge is 0.363 e. The van der Waals surface area contributed by atoms with E-state index in [1.54, 1.807) is 18.3 Å². The second kappa shape index (κ2) is 7.44. The summed E-state index contributed by atoms with van der Waals surface area (Å²) in [5.74, 6) is 0. The van der Waals surface area contributed by atoms with E-state index in [0.29, 0.717) is 5.56 Å². The molecule has 0 unspecified atom stereocenters. The molecule has 1 N–H and O–H groups in total. The number of aromatic amines is 1. The van der Waals surface area contributed by atoms with Crippen LogP contribution in [0.1, 0.15) is 11.3 Å². The first-order chi connectivity index (χ1) is 12.7. The zero-order valence-electron chi connectivity index (χ0n) is 13.9. The molecule has 0 radical (unpaired) electrons. The third-order valence-electron chi connectivity index (χ3n) is 4.22. The summed E-state index contributed by atoms with van der Waals surface area (Å²) in [6, 6.07) is 16.3. The quantitative estimate of drug-likeness (QED) is 0.622. The van der Waals surface area contributed by atoms with E-state index in [0.717, 1.165) is 35.5 Å². The van der Waals surface area contributed by atoms with Crippen LogP contribution in [0, 0.1) is 11.3 Å². The summed E-state index contributed by atoms with van der Waals surface area (Å²) in [5.41, 5.74) is 3.93. The Morgan fingerprint density at radius 1 is 1.23 bits per heavy atom. The Morgan fingerprint density at radius 2 is 2.15 bits per heavy atom. The molecule has 2 aromatic carbocycles. The second-order valence-corrected chi connectivity index (χ2v) is 7.93. The molecule has 0 fully saturated rings. The van der Waals surface area contributed by atoms with Crippen LogP contribution in [-0.4, -0.2) is 23.1 Å². The van der Waals surface area contributed by atoms with Gasteiger partial charge in [0.1, 0.15) is 0 Å². The average Bonchev–Trinajstić information content (AvgIpc) is 3.10. The Kier molecular flexibility index (Phi) is 4.87. The van der Waals surface area contributed by atoms with Crippen LogP contribution in [-0.2, 0) is 6.54 Å². The summed E-state index contributed by atoms with van der Waals surface area (Å²) in [6.07, 6.45) is 3.65. The highest BCUT2D eigenvalue weighted by molar-refractivity contribution is 9.10. The van der Waals surface area contributed by atoms with E-state index in [-0.39, 0.29) is 0 Å². The smallest absolute Gasteiger partial charge is 0.0992 e. The minimum Gasteiger partial charge on any atom is -0.363 e. The number of nitrogens with one attached hydrogen (secondary N) is 1. The van der Waals surface area contributed by atoms with Gasteiger partial charge in [-0.25, -0.2) is 4.98 Å². The zero-order valence-corrected chi connectivity index (χ0v) is 16.3. The molecule has 0 spiro atoms. The number of imidazole rings is 1. The van der Waals surface area contributed by atoms with E-state index in [1.807, 2.05) is 24.4 Å². The number of halogens is 1. The number of nitrogens with zero attached hydrogens (tertiary/aromatic N) is 4. The van der Waals surface area contributed by atoms with Crippen molar-refractivity contribution in [3.8, 4) is 6.07 Å². The molecule has 3 aromatic rings. The van der Waals surface area contributed by atoms with Crippen molar-refractivity contribution >= 4 is 39.3 Å². The number of rotatable bonds is 3. The van der Waals surface area contributed by atoms with Gasteiger partial charge in [0.15, 0.2) is 0 Å². The van der Waals surface area contributed by atoms with Crippen molar-refractivity contribution in [3.05, 3.63) is 70.7 Å². The first-order valence-electron chi connectivity index (χ1n) is 8.21. The highest BCUT2D eigenvalue weighted by atomic mass is 79.9. The highest BCUT2D eigenvalue weighted by Gasteiger charge is 2.22. The van der Waals surface area contributed by atoms with E-state index >= 15 is 0 Å². The van der Waals surface area contributed by atoms with Gasteiger partial charge in [0.2, 0.25) is 0 Å². The van der Waals surface area contributed by atoms with E-state index in [2.05, 4.69) is 65.4 Å². The standard InChI is InChI=1S/C19H16BrN5S/c20-15-4-5-18-19(9-15)26-25(17-3-1-2-14(8-17)10-21)7-6-24(18)12-16-11-22-13-23-16/h1-5,8-9,11,13H,6-7,12H2,(H,22,23). The molecular weight excluding hydrogens is 410 g/mol. The van der Waals surface area contributed by atoms with Crippen molar-refractivity contribution in [2.45, 2.75) is 11.4 Å². The van der Waals surface area contributed by atoms with Crippen LogP contribution < -0.4 is 9.21 Å². The number of H-pyrrole nitrogens is 1.